The van der Waals surface area contributed by atoms with Crippen molar-refractivity contribution in [3.63, 3.8) is 0 Å². The van der Waals surface area contributed by atoms with Gasteiger partial charge in [-0.1, -0.05) is 17.3 Å². The topological polar surface area (TPSA) is 90.6 Å². The number of aromatic nitrogens is 3. The number of carbonyl (C=O) groups is 1. The molecule has 8 nitrogen and oxygen atoms in total. The molecule has 0 spiro atoms. The number of fused-ring (bicyclic) bond motifs is 1. The summed E-state index contributed by atoms with van der Waals surface area (Å²) in [6.07, 6.45) is 0. The number of para-hydroxylation sites is 1. The van der Waals surface area contributed by atoms with E-state index in [1.54, 1.807) is 24.3 Å². The number of hydrazone groups is 1. The van der Waals surface area contributed by atoms with E-state index in [0.29, 0.717) is 11.0 Å². The first kappa shape index (κ1) is 21.0. The minimum Gasteiger partial charge on any atom is -0.435 e. The second-order valence-electron chi connectivity index (χ2n) is 5.88. The molecule has 0 saturated carbocycles. The minimum atomic E-state index is -3.20. The van der Waals surface area contributed by atoms with Gasteiger partial charge in [0.1, 0.15) is 23.6 Å². The molecule has 158 valence electrons. The van der Waals surface area contributed by atoms with Gasteiger partial charge in [-0.3, -0.25) is 4.79 Å². The van der Waals surface area contributed by atoms with Crippen LogP contribution in [-0.4, -0.2) is 39.8 Å². The number of nitrogens with one attached hydrogen (secondary N) is 1. The smallest absolute Gasteiger partial charge is 0.387 e. The molecule has 1 heterocycles. The van der Waals surface area contributed by atoms with Crippen LogP contribution in [0, 0.1) is 0 Å². The summed E-state index contributed by atoms with van der Waals surface area (Å²) in [5.74, 6) is -1.33. The Kier molecular flexibility index (Phi) is 6.45. The molecule has 30 heavy (non-hydrogen) atoms. The number of hydrogen-bond acceptors (Lipinski definition) is 6. The molecule has 0 aliphatic rings. The van der Waals surface area contributed by atoms with Crippen LogP contribution in [-0.2, 0) is 11.3 Å². The lowest BCUT2D eigenvalue weighted by Crippen LogP contribution is -2.25. The quantitative estimate of drug-likeness (QED) is 0.340. The third-order valence-electron chi connectivity index (χ3n) is 3.85. The van der Waals surface area contributed by atoms with Crippen molar-refractivity contribution in [2.24, 2.45) is 5.10 Å². The highest BCUT2D eigenvalue weighted by Crippen LogP contribution is 2.28. The fraction of sp³-hybridized carbons (Fsp3) is 0.222. The van der Waals surface area contributed by atoms with E-state index in [1.165, 1.54) is 17.7 Å². The van der Waals surface area contributed by atoms with Crippen LogP contribution in [0.3, 0.4) is 0 Å². The van der Waals surface area contributed by atoms with E-state index >= 15 is 0 Å². The third-order valence-corrected chi connectivity index (χ3v) is 3.85. The Morgan fingerprint density at radius 3 is 2.60 bits per heavy atom. The molecule has 0 fully saturated rings. The lowest BCUT2D eigenvalue weighted by atomic mass is 10.1. The van der Waals surface area contributed by atoms with E-state index in [2.05, 4.69) is 30.3 Å². The molecule has 0 radical (unpaired) electrons. The fourth-order valence-electron chi connectivity index (χ4n) is 2.58. The number of benzene rings is 2. The largest absolute Gasteiger partial charge is 0.435 e. The molecule has 0 atom stereocenters. The number of nitrogens with zero attached hydrogens (tertiary/aromatic N) is 4. The van der Waals surface area contributed by atoms with Gasteiger partial charge >= 0.3 is 13.2 Å². The Labute approximate surface area is 167 Å². The van der Waals surface area contributed by atoms with Gasteiger partial charge in [0.25, 0.3) is 5.91 Å². The number of alkyl halides is 4. The number of carbonyl (C=O) groups excluding carboxylic acids is 1. The Morgan fingerprint density at radius 2 is 1.87 bits per heavy atom. The van der Waals surface area contributed by atoms with E-state index in [9.17, 15) is 22.4 Å². The predicted octanol–water partition coefficient (Wildman–Crippen LogP) is 3.17. The normalized spacial score (nSPS) is 11.9. The first-order valence-corrected chi connectivity index (χ1v) is 8.49. The maximum atomic E-state index is 12.7. The van der Waals surface area contributed by atoms with Gasteiger partial charge in [0.15, 0.2) is 0 Å². The van der Waals surface area contributed by atoms with Crippen LogP contribution in [0.4, 0.5) is 17.6 Å². The lowest BCUT2D eigenvalue weighted by Gasteiger charge is -2.13. The number of rotatable bonds is 8. The summed E-state index contributed by atoms with van der Waals surface area (Å²) in [4.78, 5) is 12.2. The van der Waals surface area contributed by atoms with Crippen LogP contribution in [0.15, 0.2) is 47.6 Å². The van der Waals surface area contributed by atoms with Crippen LogP contribution in [0.2, 0.25) is 0 Å². The van der Waals surface area contributed by atoms with Crippen molar-refractivity contribution < 1.29 is 31.8 Å². The highest BCUT2D eigenvalue weighted by Gasteiger charge is 2.16. The van der Waals surface area contributed by atoms with Crippen molar-refractivity contribution in [2.75, 3.05) is 0 Å². The summed E-state index contributed by atoms with van der Waals surface area (Å²) in [5, 5.41) is 11.7. The molecule has 3 rings (SSSR count). The zero-order valence-electron chi connectivity index (χ0n) is 15.4. The molecular formula is C18H15F4N5O3. The number of hydrogen-bond donors (Lipinski definition) is 1. The van der Waals surface area contributed by atoms with Crippen LogP contribution in [0.1, 0.15) is 12.5 Å². The molecule has 12 heteroatoms. The van der Waals surface area contributed by atoms with Crippen molar-refractivity contribution in [1.29, 1.82) is 0 Å². The van der Waals surface area contributed by atoms with Crippen molar-refractivity contribution in [1.82, 2.24) is 20.4 Å². The summed E-state index contributed by atoms with van der Waals surface area (Å²) in [6, 6.07) is 10.3. The molecule has 2 aromatic carbocycles. The molecule has 0 saturated heterocycles. The average molecular weight is 425 g/mol. The molecule has 0 aliphatic heterocycles. The number of ether oxygens (including phenoxy) is 2. The zero-order valence-corrected chi connectivity index (χ0v) is 15.4. The highest BCUT2D eigenvalue weighted by atomic mass is 19.3. The molecule has 0 bridgehead atoms. The van der Waals surface area contributed by atoms with Crippen molar-refractivity contribution >= 4 is 22.7 Å². The third kappa shape index (κ3) is 5.21. The molecule has 0 aliphatic carbocycles. The van der Waals surface area contributed by atoms with Crippen molar-refractivity contribution in [2.45, 2.75) is 26.7 Å². The zero-order chi connectivity index (χ0) is 21.7. The Balaban J connectivity index is 1.74. The highest BCUT2D eigenvalue weighted by molar-refractivity contribution is 6.01. The van der Waals surface area contributed by atoms with Gasteiger partial charge in [-0.25, -0.2) is 10.1 Å². The van der Waals surface area contributed by atoms with Gasteiger partial charge in [0, 0.05) is 11.6 Å². The SMILES string of the molecule is CC(=NNC(=O)Cn1nnc2ccccc21)c1ccc(OC(F)F)cc1OC(F)F. The number of amides is 1. The summed E-state index contributed by atoms with van der Waals surface area (Å²) < 4.78 is 59.9. The van der Waals surface area contributed by atoms with Gasteiger partial charge in [-0.2, -0.15) is 22.7 Å². The molecule has 0 unspecified atom stereocenters. The maximum absolute atomic E-state index is 12.7. The van der Waals surface area contributed by atoms with Crippen molar-refractivity contribution in [3.8, 4) is 11.5 Å². The summed E-state index contributed by atoms with van der Waals surface area (Å²) in [7, 11) is 0. The molecule has 1 N–H and O–H groups in total. The molecular weight excluding hydrogens is 410 g/mol. The van der Waals surface area contributed by atoms with Crippen molar-refractivity contribution in [3.05, 3.63) is 48.0 Å². The van der Waals surface area contributed by atoms with Gasteiger partial charge in [-0.05, 0) is 31.2 Å². The van der Waals surface area contributed by atoms with E-state index in [-0.39, 0.29) is 23.6 Å². The first-order chi connectivity index (χ1) is 14.3. The summed E-state index contributed by atoms with van der Waals surface area (Å²) in [5.41, 5.74) is 3.70. The molecule has 1 aromatic heterocycles. The van der Waals surface area contributed by atoms with Crippen LogP contribution in [0.5, 0.6) is 11.5 Å². The predicted molar refractivity (Wildman–Crippen MR) is 97.6 cm³/mol. The van der Waals surface area contributed by atoms with Crippen LogP contribution >= 0.6 is 0 Å². The number of halogens is 4. The summed E-state index contributed by atoms with van der Waals surface area (Å²) in [6.45, 7) is -5.09. The van der Waals surface area contributed by atoms with Gasteiger partial charge in [0.05, 0.1) is 11.2 Å². The standard InChI is InChI=1S/C18H15F4N5O3/c1-10(12-7-6-11(29-17(19)20)8-15(12)30-18(21)22)23-25-16(28)9-27-14-5-3-2-4-13(14)24-26-27/h2-8,17-18H,9H2,1H3,(H,25,28). The maximum Gasteiger partial charge on any atom is 0.387 e. The first-order valence-electron chi connectivity index (χ1n) is 8.49. The van der Waals surface area contributed by atoms with E-state index < -0.39 is 24.9 Å². The van der Waals surface area contributed by atoms with E-state index in [1.807, 2.05) is 0 Å². The van der Waals surface area contributed by atoms with Crippen LogP contribution in [0.25, 0.3) is 11.0 Å². The Bertz CT molecular complexity index is 1070. The Hall–Kier alpha value is -3.70. The molecule has 3 aromatic rings. The second-order valence-corrected chi connectivity index (χ2v) is 5.88. The van der Waals surface area contributed by atoms with E-state index in [4.69, 9.17) is 0 Å². The monoisotopic (exact) mass is 425 g/mol. The minimum absolute atomic E-state index is 0.0587. The van der Waals surface area contributed by atoms with Gasteiger partial charge in [-0.15, -0.1) is 5.10 Å². The summed E-state index contributed by atoms with van der Waals surface area (Å²) >= 11 is 0. The molecule has 1 amide bonds. The Morgan fingerprint density at radius 1 is 1.13 bits per heavy atom. The fourth-order valence-corrected chi connectivity index (χ4v) is 2.58. The average Bonchev–Trinajstić information content (AvgIpc) is 3.08. The van der Waals surface area contributed by atoms with Gasteiger partial charge in [0.2, 0.25) is 0 Å². The second kappa shape index (κ2) is 9.20. The van der Waals surface area contributed by atoms with Crippen LogP contribution < -0.4 is 14.9 Å². The van der Waals surface area contributed by atoms with Gasteiger partial charge < -0.3 is 9.47 Å². The lowest BCUT2D eigenvalue weighted by molar-refractivity contribution is -0.121. The van der Waals surface area contributed by atoms with E-state index in [0.717, 1.165) is 12.1 Å².